The summed E-state index contributed by atoms with van der Waals surface area (Å²) < 4.78 is 23.1. The quantitative estimate of drug-likeness (QED) is 0.783. The Labute approximate surface area is 135 Å². The smallest absolute Gasteiger partial charge is 0.344 e. The van der Waals surface area contributed by atoms with E-state index < -0.39 is 18.4 Å². The molecule has 0 atom stereocenters. The topological polar surface area (TPSA) is 64.6 Å². The Hall–Kier alpha value is -2.11. The highest BCUT2D eigenvalue weighted by Crippen LogP contribution is 2.22. The van der Waals surface area contributed by atoms with Gasteiger partial charge in [0.1, 0.15) is 0 Å². The Bertz CT molecular complexity index is 529. The van der Waals surface area contributed by atoms with E-state index in [9.17, 15) is 14.0 Å². The standard InChI is InChI=1S/C17H22FNO4/c18-14-8-4-5-9-15(14)22-12-17(21)23-11-16(20)19-10-13-6-2-1-3-7-13/h4-5,8-9,13H,1-3,6-7,10-12H2,(H,19,20). The van der Waals surface area contributed by atoms with Crippen molar-refractivity contribution in [3.63, 3.8) is 0 Å². The molecule has 0 unspecified atom stereocenters. The highest BCUT2D eigenvalue weighted by molar-refractivity contribution is 5.80. The van der Waals surface area contributed by atoms with Crippen LogP contribution in [0.2, 0.25) is 0 Å². The molecule has 1 aliphatic rings. The van der Waals surface area contributed by atoms with Crippen molar-refractivity contribution in [2.45, 2.75) is 32.1 Å². The predicted octanol–water partition coefficient (Wildman–Crippen LogP) is 2.44. The molecule has 0 spiro atoms. The summed E-state index contributed by atoms with van der Waals surface area (Å²) in [5, 5.41) is 2.77. The molecule has 0 saturated heterocycles. The molecule has 5 nitrogen and oxygen atoms in total. The Morgan fingerprint density at radius 3 is 2.61 bits per heavy atom. The molecule has 1 aromatic rings. The Morgan fingerprint density at radius 2 is 1.87 bits per heavy atom. The number of hydrogen-bond acceptors (Lipinski definition) is 4. The second-order valence-corrected chi connectivity index (χ2v) is 5.69. The van der Waals surface area contributed by atoms with Crippen LogP contribution in [0.3, 0.4) is 0 Å². The summed E-state index contributed by atoms with van der Waals surface area (Å²) >= 11 is 0. The number of halogens is 1. The van der Waals surface area contributed by atoms with E-state index in [1.54, 1.807) is 6.07 Å². The van der Waals surface area contributed by atoms with Crippen LogP contribution < -0.4 is 10.1 Å². The number of rotatable bonds is 7. The van der Waals surface area contributed by atoms with Gasteiger partial charge >= 0.3 is 5.97 Å². The molecule has 23 heavy (non-hydrogen) atoms. The molecular formula is C17H22FNO4. The summed E-state index contributed by atoms with van der Waals surface area (Å²) in [5.41, 5.74) is 0. The van der Waals surface area contributed by atoms with Crippen molar-refractivity contribution >= 4 is 11.9 Å². The number of esters is 1. The number of carbonyl (C=O) groups is 2. The third-order valence-corrected chi connectivity index (χ3v) is 3.86. The highest BCUT2D eigenvalue weighted by Gasteiger charge is 2.15. The molecule has 0 radical (unpaired) electrons. The minimum atomic E-state index is -0.707. The van der Waals surface area contributed by atoms with Crippen LogP contribution in [0.15, 0.2) is 24.3 Å². The van der Waals surface area contributed by atoms with Crippen molar-refractivity contribution in [3.8, 4) is 5.75 Å². The molecule has 6 heteroatoms. The minimum absolute atomic E-state index is 0.0220. The Balaban J connectivity index is 1.60. The van der Waals surface area contributed by atoms with Crippen LogP contribution in [0, 0.1) is 11.7 Å². The molecule has 1 aliphatic carbocycles. The first-order valence-electron chi connectivity index (χ1n) is 7.95. The summed E-state index contributed by atoms with van der Waals surface area (Å²) in [6, 6.07) is 5.78. The molecule has 0 heterocycles. The molecule has 0 aromatic heterocycles. The van der Waals surface area contributed by atoms with Crippen LogP contribution in [0.4, 0.5) is 4.39 Å². The summed E-state index contributed by atoms with van der Waals surface area (Å²) in [4.78, 5) is 23.1. The van der Waals surface area contributed by atoms with E-state index in [0.29, 0.717) is 12.5 Å². The van der Waals surface area contributed by atoms with Crippen molar-refractivity contribution in [2.75, 3.05) is 19.8 Å². The SMILES string of the molecule is O=C(COC(=O)COc1ccccc1F)NCC1CCCCC1. The van der Waals surface area contributed by atoms with Gasteiger partial charge in [0.25, 0.3) is 5.91 Å². The van der Waals surface area contributed by atoms with Crippen molar-refractivity contribution in [3.05, 3.63) is 30.1 Å². The van der Waals surface area contributed by atoms with Crippen LogP contribution in [-0.4, -0.2) is 31.6 Å². The first-order valence-corrected chi connectivity index (χ1v) is 7.95. The van der Waals surface area contributed by atoms with Crippen molar-refractivity contribution < 1.29 is 23.5 Å². The number of carbonyl (C=O) groups excluding carboxylic acids is 2. The summed E-state index contributed by atoms with van der Waals surface area (Å²) in [7, 11) is 0. The number of nitrogens with one attached hydrogen (secondary N) is 1. The van der Waals surface area contributed by atoms with Gasteiger partial charge in [-0.05, 0) is 30.9 Å². The van der Waals surface area contributed by atoms with Crippen LogP contribution in [-0.2, 0) is 14.3 Å². The average molecular weight is 323 g/mol. The van der Waals surface area contributed by atoms with Crippen LogP contribution in [0.25, 0.3) is 0 Å². The van der Waals surface area contributed by atoms with Gasteiger partial charge < -0.3 is 14.8 Å². The van der Waals surface area contributed by atoms with Gasteiger partial charge in [0.05, 0.1) is 0 Å². The zero-order valence-corrected chi connectivity index (χ0v) is 13.1. The Morgan fingerprint density at radius 1 is 1.13 bits per heavy atom. The lowest BCUT2D eigenvalue weighted by atomic mass is 9.89. The minimum Gasteiger partial charge on any atom is -0.479 e. The molecule has 1 fully saturated rings. The van der Waals surface area contributed by atoms with E-state index in [0.717, 1.165) is 12.8 Å². The first-order chi connectivity index (χ1) is 11.1. The average Bonchev–Trinajstić information content (AvgIpc) is 2.58. The molecule has 0 bridgehead atoms. The maximum Gasteiger partial charge on any atom is 0.344 e. The molecular weight excluding hydrogens is 301 g/mol. The number of amides is 1. The van der Waals surface area contributed by atoms with Gasteiger partial charge in [-0.2, -0.15) is 0 Å². The van der Waals surface area contributed by atoms with Crippen LogP contribution in [0.1, 0.15) is 32.1 Å². The van der Waals surface area contributed by atoms with E-state index >= 15 is 0 Å². The van der Waals surface area contributed by atoms with Crippen LogP contribution >= 0.6 is 0 Å². The molecule has 1 saturated carbocycles. The zero-order valence-electron chi connectivity index (χ0n) is 13.1. The first kappa shape index (κ1) is 17.2. The maximum absolute atomic E-state index is 13.3. The van der Waals surface area contributed by atoms with E-state index in [1.165, 1.54) is 37.5 Å². The normalized spacial score (nSPS) is 15.0. The Kier molecular flexibility index (Phi) is 6.84. The van der Waals surface area contributed by atoms with Gasteiger partial charge in [-0.3, -0.25) is 4.79 Å². The number of benzene rings is 1. The lowest BCUT2D eigenvalue weighted by molar-refractivity contribution is -0.150. The number of ether oxygens (including phenoxy) is 2. The fraction of sp³-hybridized carbons (Fsp3) is 0.529. The number of para-hydroxylation sites is 1. The maximum atomic E-state index is 13.3. The third kappa shape index (κ3) is 6.26. The fourth-order valence-electron chi connectivity index (χ4n) is 2.59. The summed E-state index contributed by atoms with van der Waals surface area (Å²) in [5.74, 6) is -1.08. The predicted molar refractivity (Wildman–Crippen MR) is 82.4 cm³/mol. The van der Waals surface area contributed by atoms with Crippen molar-refractivity contribution in [1.29, 1.82) is 0 Å². The van der Waals surface area contributed by atoms with E-state index in [-0.39, 0.29) is 18.3 Å². The molecule has 126 valence electrons. The molecule has 1 amide bonds. The van der Waals surface area contributed by atoms with Crippen LogP contribution in [0.5, 0.6) is 5.75 Å². The van der Waals surface area contributed by atoms with Gasteiger partial charge in [-0.25, -0.2) is 9.18 Å². The molecule has 2 rings (SSSR count). The van der Waals surface area contributed by atoms with Gasteiger partial charge in [0.15, 0.2) is 24.8 Å². The summed E-state index contributed by atoms with van der Waals surface area (Å²) in [6.45, 7) is -0.148. The largest absolute Gasteiger partial charge is 0.479 e. The van der Waals surface area contributed by atoms with Gasteiger partial charge in [0.2, 0.25) is 0 Å². The van der Waals surface area contributed by atoms with Crippen molar-refractivity contribution in [1.82, 2.24) is 5.32 Å². The van der Waals surface area contributed by atoms with E-state index in [1.807, 2.05) is 0 Å². The lowest BCUT2D eigenvalue weighted by Gasteiger charge is -2.21. The van der Waals surface area contributed by atoms with E-state index in [2.05, 4.69) is 5.32 Å². The highest BCUT2D eigenvalue weighted by atomic mass is 19.1. The monoisotopic (exact) mass is 323 g/mol. The second-order valence-electron chi connectivity index (χ2n) is 5.69. The molecule has 0 aliphatic heterocycles. The summed E-state index contributed by atoms with van der Waals surface area (Å²) in [6.07, 6.45) is 5.96. The number of hydrogen-bond donors (Lipinski definition) is 1. The lowest BCUT2D eigenvalue weighted by Crippen LogP contribution is -2.34. The van der Waals surface area contributed by atoms with Gasteiger partial charge in [0, 0.05) is 6.54 Å². The third-order valence-electron chi connectivity index (χ3n) is 3.86. The van der Waals surface area contributed by atoms with Gasteiger partial charge in [-0.1, -0.05) is 31.4 Å². The molecule has 1 aromatic carbocycles. The van der Waals surface area contributed by atoms with Crippen molar-refractivity contribution in [2.24, 2.45) is 5.92 Å². The second kappa shape index (κ2) is 9.12. The van der Waals surface area contributed by atoms with E-state index in [4.69, 9.17) is 9.47 Å². The molecule has 1 N–H and O–H groups in total. The van der Waals surface area contributed by atoms with Gasteiger partial charge in [-0.15, -0.1) is 0 Å². The fourth-order valence-corrected chi connectivity index (χ4v) is 2.59. The zero-order chi connectivity index (χ0) is 16.5.